The highest BCUT2D eigenvalue weighted by molar-refractivity contribution is 5.12. The van der Waals surface area contributed by atoms with Crippen molar-refractivity contribution in [2.75, 3.05) is 13.1 Å². The van der Waals surface area contributed by atoms with E-state index in [1.54, 1.807) is 0 Å². The molecule has 3 nitrogen and oxygen atoms in total. The average Bonchev–Trinajstić information content (AvgIpc) is 2.27. The third kappa shape index (κ3) is 2.80. The van der Waals surface area contributed by atoms with Crippen molar-refractivity contribution in [1.29, 1.82) is 0 Å². The predicted molar refractivity (Wildman–Crippen MR) is 66.0 cm³/mol. The monoisotopic (exact) mass is 219 g/mol. The number of pyridine rings is 1. The molecule has 2 rings (SSSR count). The summed E-state index contributed by atoms with van der Waals surface area (Å²) in [5.74, 6) is 0.655. The van der Waals surface area contributed by atoms with Crippen molar-refractivity contribution < 1.29 is 0 Å². The molecular formula is C13H21N3. The first-order valence-electron chi connectivity index (χ1n) is 6.04. The molecule has 1 saturated heterocycles. The molecule has 1 aromatic heterocycles. The Hall–Kier alpha value is -0.930. The molecule has 0 aliphatic carbocycles. The smallest absolute Gasteiger partial charge is 0.0544 e. The quantitative estimate of drug-likeness (QED) is 0.820. The first-order valence-corrected chi connectivity index (χ1v) is 6.04. The van der Waals surface area contributed by atoms with Crippen molar-refractivity contribution in [3.8, 4) is 0 Å². The molecule has 0 amide bonds. The third-order valence-corrected chi connectivity index (χ3v) is 3.46. The second kappa shape index (κ2) is 4.93. The summed E-state index contributed by atoms with van der Waals surface area (Å²) in [6.45, 7) is 7.38. The molecular weight excluding hydrogens is 198 g/mol. The largest absolute Gasteiger partial charge is 0.326 e. The summed E-state index contributed by atoms with van der Waals surface area (Å²) >= 11 is 0. The average molecular weight is 219 g/mol. The van der Waals surface area contributed by atoms with Crippen LogP contribution in [0.4, 0.5) is 0 Å². The van der Waals surface area contributed by atoms with Crippen molar-refractivity contribution in [1.82, 2.24) is 9.88 Å². The molecule has 2 heterocycles. The highest BCUT2D eigenvalue weighted by Gasteiger charge is 2.22. The number of aryl methyl sites for hydroxylation is 1. The molecule has 2 unspecified atom stereocenters. The zero-order valence-corrected chi connectivity index (χ0v) is 10.2. The summed E-state index contributed by atoms with van der Waals surface area (Å²) < 4.78 is 0. The van der Waals surface area contributed by atoms with Gasteiger partial charge >= 0.3 is 0 Å². The Morgan fingerprint density at radius 3 is 2.94 bits per heavy atom. The fourth-order valence-electron chi connectivity index (χ4n) is 2.13. The maximum atomic E-state index is 6.08. The van der Waals surface area contributed by atoms with Crippen LogP contribution in [0.2, 0.25) is 0 Å². The maximum Gasteiger partial charge on any atom is 0.0544 e. The lowest BCUT2D eigenvalue weighted by Crippen LogP contribution is -2.47. The molecule has 1 aromatic rings. The molecule has 0 spiro atoms. The van der Waals surface area contributed by atoms with Gasteiger partial charge in [0.1, 0.15) is 0 Å². The van der Waals surface area contributed by atoms with Crippen molar-refractivity contribution >= 4 is 0 Å². The van der Waals surface area contributed by atoms with Gasteiger partial charge in [-0.25, -0.2) is 0 Å². The van der Waals surface area contributed by atoms with Crippen LogP contribution >= 0.6 is 0 Å². The van der Waals surface area contributed by atoms with Crippen LogP contribution in [0.1, 0.15) is 24.6 Å². The molecule has 16 heavy (non-hydrogen) atoms. The number of nitrogens with two attached hydrogens (primary N) is 1. The Morgan fingerprint density at radius 1 is 1.50 bits per heavy atom. The van der Waals surface area contributed by atoms with E-state index in [0.29, 0.717) is 12.0 Å². The molecule has 0 aromatic carbocycles. The van der Waals surface area contributed by atoms with Gasteiger partial charge in [-0.3, -0.25) is 9.88 Å². The van der Waals surface area contributed by atoms with Gasteiger partial charge in [-0.05, 0) is 37.4 Å². The van der Waals surface area contributed by atoms with E-state index in [-0.39, 0.29) is 0 Å². The van der Waals surface area contributed by atoms with Crippen LogP contribution in [0.15, 0.2) is 18.3 Å². The van der Waals surface area contributed by atoms with Crippen LogP contribution in [-0.2, 0) is 6.54 Å². The topological polar surface area (TPSA) is 42.1 Å². The van der Waals surface area contributed by atoms with Gasteiger partial charge in [-0.1, -0.05) is 13.0 Å². The third-order valence-electron chi connectivity index (χ3n) is 3.46. The summed E-state index contributed by atoms with van der Waals surface area (Å²) in [4.78, 5) is 6.84. The zero-order valence-electron chi connectivity index (χ0n) is 10.2. The van der Waals surface area contributed by atoms with Gasteiger partial charge in [0.2, 0.25) is 0 Å². The van der Waals surface area contributed by atoms with Gasteiger partial charge in [0.05, 0.1) is 5.69 Å². The normalized spacial score (nSPS) is 26.9. The predicted octanol–water partition coefficient (Wildman–Crippen LogP) is 1.56. The molecule has 2 atom stereocenters. The van der Waals surface area contributed by atoms with Gasteiger partial charge in [0.25, 0.3) is 0 Å². The number of aromatic nitrogens is 1. The van der Waals surface area contributed by atoms with Crippen LogP contribution in [0.5, 0.6) is 0 Å². The Morgan fingerprint density at radius 2 is 2.31 bits per heavy atom. The van der Waals surface area contributed by atoms with Crippen LogP contribution in [0, 0.1) is 12.8 Å². The fraction of sp³-hybridized carbons (Fsp3) is 0.615. The number of likely N-dealkylation sites (tertiary alicyclic amines) is 1. The summed E-state index contributed by atoms with van der Waals surface area (Å²) in [7, 11) is 0. The number of hydrogen-bond donors (Lipinski definition) is 1. The Balaban J connectivity index is 1.93. The van der Waals surface area contributed by atoms with Crippen LogP contribution < -0.4 is 5.73 Å². The molecule has 2 N–H and O–H groups in total. The molecule has 1 aliphatic rings. The van der Waals surface area contributed by atoms with Crippen molar-refractivity contribution in [3.05, 3.63) is 29.6 Å². The molecule has 1 fully saturated rings. The summed E-state index contributed by atoms with van der Waals surface area (Å²) in [6.07, 6.45) is 3.13. The van der Waals surface area contributed by atoms with Crippen LogP contribution in [0.25, 0.3) is 0 Å². The van der Waals surface area contributed by atoms with E-state index in [1.807, 2.05) is 6.20 Å². The fourth-order valence-corrected chi connectivity index (χ4v) is 2.13. The first kappa shape index (κ1) is 11.6. The lowest BCUT2D eigenvalue weighted by molar-refractivity contribution is 0.160. The number of nitrogens with zero attached hydrogens (tertiary/aromatic N) is 2. The Kier molecular flexibility index (Phi) is 3.56. The van der Waals surface area contributed by atoms with Gasteiger partial charge in [0.15, 0.2) is 0 Å². The molecule has 3 heteroatoms. The van der Waals surface area contributed by atoms with Crippen molar-refractivity contribution in [2.24, 2.45) is 11.7 Å². The van der Waals surface area contributed by atoms with Gasteiger partial charge in [0, 0.05) is 25.3 Å². The lowest BCUT2D eigenvalue weighted by Gasteiger charge is -2.34. The van der Waals surface area contributed by atoms with E-state index in [0.717, 1.165) is 25.3 Å². The highest BCUT2D eigenvalue weighted by atomic mass is 15.2. The van der Waals surface area contributed by atoms with E-state index < -0.39 is 0 Å². The number of hydrogen-bond acceptors (Lipinski definition) is 3. The Labute approximate surface area is 97.7 Å². The van der Waals surface area contributed by atoms with Crippen LogP contribution in [0.3, 0.4) is 0 Å². The SMILES string of the molecule is Cc1ccc(CN2CCC(C)C(N)C2)nc1. The molecule has 0 saturated carbocycles. The van der Waals surface area contributed by atoms with Gasteiger partial charge < -0.3 is 5.73 Å². The van der Waals surface area contributed by atoms with E-state index in [2.05, 4.69) is 35.9 Å². The first-order chi connectivity index (χ1) is 7.65. The summed E-state index contributed by atoms with van der Waals surface area (Å²) in [5.41, 5.74) is 8.45. The van der Waals surface area contributed by atoms with Crippen molar-refractivity contribution in [2.45, 2.75) is 32.9 Å². The standard InChI is InChI=1S/C13H21N3/c1-10-3-4-12(15-7-10)8-16-6-5-11(2)13(14)9-16/h3-4,7,11,13H,5-6,8-9,14H2,1-2H3. The molecule has 0 bridgehead atoms. The second-order valence-corrected chi connectivity index (χ2v) is 4.99. The van der Waals surface area contributed by atoms with Gasteiger partial charge in [-0.15, -0.1) is 0 Å². The van der Waals surface area contributed by atoms with E-state index in [9.17, 15) is 0 Å². The van der Waals surface area contributed by atoms with E-state index in [1.165, 1.54) is 12.0 Å². The summed E-state index contributed by atoms with van der Waals surface area (Å²) in [5, 5.41) is 0. The van der Waals surface area contributed by atoms with Gasteiger partial charge in [-0.2, -0.15) is 0 Å². The minimum absolute atomic E-state index is 0.319. The number of piperidine rings is 1. The minimum Gasteiger partial charge on any atom is -0.326 e. The summed E-state index contributed by atoms with van der Waals surface area (Å²) in [6, 6.07) is 4.55. The van der Waals surface area contributed by atoms with E-state index >= 15 is 0 Å². The zero-order chi connectivity index (χ0) is 11.5. The van der Waals surface area contributed by atoms with E-state index in [4.69, 9.17) is 5.73 Å². The second-order valence-electron chi connectivity index (χ2n) is 4.99. The Bertz CT molecular complexity index is 334. The molecule has 1 aliphatic heterocycles. The van der Waals surface area contributed by atoms with Crippen LogP contribution in [-0.4, -0.2) is 29.0 Å². The molecule has 0 radical (unpaired) electrons. The highest BCUT2D eigenvalue weighted by Crippen LogP contribution is 2.16. The number of rotatable bonds is 2. The lowest BCUT2D eigenvalue weighted by atomic mass is 9.94. The minimum atomic E-state index is 0.319. The maximum absolute atomic E-state index is 6.08. The molecule has 88 valence electrons. The van der Waals surface area contributed by atoms with Crippen molar-refractivity contribution in [3.63, 3.8) is 0 Å².